The Bertz CT molecular complexity index is 851. The highest BCUT2D eigenvalue weighted by molar-refractivity contribution is 6.30. The lowest BCUT2D eigenvalue weighted by atomic mass is 9.96. The number of carbonyl (C=O) groups excluding carboxylic acids is 1. The SMILES string of the molecule is Cc1noc(C)c1[C@H](C)CC(=O)Nc1nc2ccc(Cl)cn2n1. The summed E-state index contributed by atoms with van der Waals surface area (Å²) in [6.07, 6.45) is 1.92. The largest absolute Gasteiger partial charge is 0.361 e. The van der Waals surface area contributed by atoms with Gasteiger partial charge in [0.15, 0.2) is 5.65 Å². The number of rotatable bonds is 4. The van der Waals surface area contributed by atoms with Crippen molar-refractivity contribution in [2.24, 2.45) is 0 Å². The smallest absolute Gasteiger partial charge is 0.249 e. The summed E-state index contributed by atoms with van der Waals surface area (Å²) in [5, 5.41) is 11.4. The molecule has 3 rings (SSSR count). The number of amides is 1. The molecule has 0 saturated carbocycles. The Labute approximate surface area is 137 Å². The van der Waals surface area contributed by atoms with Crippen molar-refractivity contribution in [2.75, 3.05) is 5.32 Å². The highest BCUT2D eigenvalue weighted by atomic mass is 35.5. The van der Waals surface area contributed by atoms with E-state index in [4.69, 9.17) is 16.1 Å². The zero-order valence-electron chi connectivity index (χ0n) is 13.0. The Morgan fingerprint density at radius 3 is 2.91 bits per heavy atom. The van der Waals surface area contributed by atoms with E-state index in [2.05, 4.69) is 20.6 Å². The average Bonchev–Trinajstić information content (AvgIpc) is 3.00. The first-order valence-electron chi connectivity index (χ1n) is 7.18. The monoisotopic (exact) mass is 333 g/mol. The molecule has 0 aliphatic heterocycles. The van der Waals surface area contributed by atoms with E-state index in [9.17, 15) is 4.79 Å². The molecule has 1 N–H and O–H groups in total. The van der Waals surface area contributed by atoms with Gasteiger partial charge < -0.3 is 4.52 Å². The molecule has 0 aliphatic carbocycles. The van der Waals surface area contributed by atoms with Gasteiger partial charge in [-0.1, -0.05) is 23.7 Å². The van der Waals surface area contributed by atoms with Gasteiger partial charge >= 0.3 is 0 Å². The van der Waals surface area contributed by atoms with Crippen LogP contribution in [-0.2, 0) is 4.79 Å². The van der Waals surface area contributed by atoms with Gasteiger partial charge in [0.1, 0.15) is 5.76 Å². The minimum absolute atomic E-state index is 0.00674. The predicted octanol–water partition coefficient (Wildman–Crippen LogP) is 3.12. The Balaban J connectivity index is 1.71. The van der Waals surface area contributed by atoms with Gasteiger partial charge in [0.25, 0.3) is 0 Å². The summed E-state index contributed by atoms with van der Waals surface area (Å²) < 4.78 is 6.67. The van der Waals surface area contributed by atoms with Crippen LogP contribution in [0.4, 0.5) is 5.95 Å². The number of carbonyl (C=O) groups is 1. The quantitative estimate of drug-likeness (QED) is 0.792. The number of aromatic nitrogens is 4. The third-order valence-corrected chi connectivity index (χ3v) is 3.84. The Morgan fingerprint density at radius 2 is 2.22 bits per heavy atom. The van der Waals surface area contributed by atoms with Crippen molar-refractivity contribution < 1.29 is 9.32 Å². The number of hydrogen-bond acceptors (Lipinski definition) is 5. The molecule has 1 atom stereocenters. The standard InChI is InChI=1S/C15H16ClN5O2/c1-8(14-9(2)20-23-10(14)3)6-13(22)18-15-17-12-5-4-11(16)7-21(12)19-15/h4-5,7-8H,6H2,1-3H3,(H,18,19,22)/t8-/m1/s1. The highest BCUT2D eigenvalue weighted by Gasteiger charge is 2.20. The van der Waals surface area contributed by atoms with Crippen LogP contribution < -0.4 is 5.32 Å². The first kappa shape index (κ1) is 15.5. The van der Waals surface area contributed by atoms with Crippen LogP contribution in [0.5, 0.6) is 0 Å². The highest BCUT2D eigenvalue weighted by Crippen LogP contribution is 2.26. The van der Waals surface area contributed by atoms with E-state index in [0.717, 1.165) is 17.0 Å². The summed E-state index contributed by atoms with van der Waals surface area (Å²) in [5.74, 6) is 0.818. The molecule has 0 radical (unpaired) electrons. The topological polar surface area (TPSA) is 85.3 Å². The van der Waals surface area contributed by atoms with Crippen LogP contribution in [0, 0.1) is 13.8 Å². The number of pyridine rings is 1. The molecule has 7 nitrogen and oxygen atoms in total. The first-order chi connectivity index (χ1) is 10.9. The number of hydrogen-bond donors (Lipinski definition) is 1. The predicted molar refractivity (Wildman–Crippen MR) is 85.6 cm³/mol. The summed E-state index contributed by atoms with van der Waals surface area (Å²) in [4.78, 5) is 16.4. The second kappa shape index (κ2) is 6.00. The van der Waals surface area contributed by atoms with Gasteiger partial charge in [-0.25, -0.2) is 4.52 Å². The zero-order valence-corrected chi connectivity index (χ0v) is 13.8. The minimum Gasteiger partial charge on any atom is -0.361 e. The van der Waals surface area contributed by atoms with Gasteiger partial charge in [0, 0.05) is 18.2 Å². The van der Waals surface area contributed by atoms with E-state index in [1.54, 1.807) is 18.3 Å². The van der Waals surface area contributed by atoms with Gasteiger partial charge in [-0.2, -0.15) is 4.98 Å². The van der Waals surface area contributed by atoms with E-state index >= 15 is 0 Å². The molecule has 0 saturated heterocycles. The zero-order chi connectivity index (χ0) is 16.6. The fourth-order valence-electron chi connectivity index (χ4n) is 2.66. The average molecular weight is 334 g/mol. The lowest BCUT2D eigenvalue weighted by Crippen LogP contribution is -2.16. The molecule has 3 heterocycles. The summed E-state index contributed by atoms with van der Waals surface area (Å²) in [5.41, 5.74) is 2.39. The van der Waals surface area contributed by atoms with Crippen molar-refractivity contribution in [3.63, 3.8) is 0 Å². The van der Waals surface area contributed by atoms with E-state index in [1.807, 2.05) is 20.8 Å². The minimum atomic E-state index is -0.167. The molecule has 1 amide bonds. The molecule has 23 heavy (non-hydrogen) atoms. The van der Waals surface area contributed by atoms with Crippen molar-refractivity contribution in [1.82, 2.24) is 19.8 Å². The van der Waals surface area contributed by atoms with Gasteiger partial charge in [0.2, 0.25) is 11.9 Å². The molecule has 0 spiro atoms. The van der Waals surface area contributed by atoms with Gasteiger partial charge in [-0.15, -0.1) is 5.10 Å². The Kier molecular flexibility index (Phi) is 4.04. The van der Waals surface area contributed by atoms with Crippen molar-refractivity contribution in [2.45, 2.75) is 33.1 Å². The Hall–Kier alpha value is -2.41. The molecule has 0 aliphatic rings. The lowest BCUT2D eigenvalue weighted by molar-refractivity contribution is -0.116. The Morgan fingerprint density at radius 1 is 1.43 bits per heavy atom. The van der Waals surface area contributed by atoms with Crippen LogP contribution in [0.15, 0.2) is 22.9 Å². The molecular formula is C15H16ClN5O2. The second-order valence-electron chi connectivity index (χ2n) is 5.48. The van der Waals surface area contributed by atoms with Gasteiger partial charge in [-0.05, 0) is 31.9 Å². The first-order valence-corrected chi connectivity index (χ1v) is 7.56. The maximum Gasteiger partial charge on any atom is 0.249 e. The fraction of sp³-hybridized carbons (Fsp3) is 0.333. The van der Waals surface area contributed by atoms with Crippen LogP contribution in [0.25, 0.3) is 5.65 Å². The molecule has 3 aromatic heterocycles. The van der Waals surface area contributed by atoms with Crippen LogP contribution in [-0.4, -0.2) is 25.7 Å². The molecule has 0 bridgehead atoms. The number of nitrogens with one attached hydrogen (secondary N) is 1. The van der Waals surface area contributed by atoms with Crippen molar-refractivity contribution in [1.29, 1.82) is 0 Å². The third kappa shape index (κ3) is 3.19. The number of anilines is 1. The van der Waals surface area contributed by atoms with Crippen LogP contribution in [0.1, 0.15) is 36.3 Å². The normalized spacial score (nSPS) is 12.5. The summed E-state index contributed by atoms with van der Waals surface area (Å²) in [6.45, 7) is 5.67. The van der Waals surface area contributed by atoms with Crippen LogP contribution >= 0.6 is 11.6 Å². The number of halogens is 1. The molecule has 0 aromatic carbocycles. The van der Waals surface area contributed by atoms with E-state index in [-0.39, 0.29) is 17.8 Å². The molecule has 8 heteroatoms. The maximum absolute atomic E-state index is 12.2. The maximum atomic E-state index is 12.2. The van der Waals surface area contributed by atoms with Crippen LogP contribution in [0.3, 0.4) is 0 Å². The summed E-state index contributed by atoms with van der Waals surface area (Å²) >= 11 is 5.90. The van der Waals surface area contributed by atoms with Crippen molar-refractivity contribution in [3.05, 3.63) is 40.4 Å². The molecular weight excluding hydrogens is 318 g/mol. The van der Waals surface area contributed by atoms with E-state index < -0.39 is 0 Å². The van der Waals surface area contributed by atoms with Gasteiger partial charge in [-0.3, -0.25) is 10.1 Å². The third-order valence-electron chi connectivity index (χ3n) is 3.62. The van der Waals surface area contributed by atoms with Gasteiger partial charge in [0.05, 0.1) is 10.7 Å². The lowest BCUT2D eigenvalue weighted by Gasteiger charge is -2.09. The summed E-state index contributed by atoms with van der Waals surface area (Å²) in [7, 11) is 0. The van der Waals surface area contributed by atoms with E-state index in [0.29, 0.717) is 17.1 Å². The fourth-order valence-corrected chi connectivity index (χ4v) is 2.82. The van der Waals surface area contributed by atoms with Crippen LogP contribution in [0.2, 0.25) is 5.02 Å². The van der Waals surface area contributed by atoms with Crippen molar-refractivity contribution >= 4 is 29.1 Å². The molecule has 0 unspecified atom stereocenters. The number of nitrogens with zero attached hydrogens (tertiary/aromatic N) is 4. The molecule has 0 fully saturated rings. The van der Waals surface area contributed by atoms with Crippen molar-refractivity contribution in [3.8, 4) is 0 Å². The van der Waals surface area contributed by atoms with E-state index in [1.165, 1.54) is 4.52 Å². The number of aryl methyl sites for hydroxylation is 2. The molecule has 3 aromatic rings. The number of fused-ring (bicyclic) bond motifs is 1. The summed E-state index contributed by atoms with van der Waals surface area (Å²) in [6, 6.07) is 3.45. The molecule has 120 valence electrons. The second-order valence-corrected chi connectivity index (χ2v) is 5.91.